The van der Waals surface area contributed by atoms with Gasteiger partial charge in [-0.25, -0.2) is 0 Å². The summed E-state index contributed by atoms with van der Waals surface area (Å²) in [6.07, 6.45) is 24.3. The van der Waals surface area contributed by atoms with Crippen LogP contribution in [0.3, 0.4) is 0 Å². The summed E-state index contributed by atoms with van der Waals surface area (Å²) in [6, 6.07) is 19.0. The van der Waals surface area contributed by atoms with Crippen LogP contribution in [-0.2, 0) is 12.8 Å². The Morgan fingerprint density at radius 3 is 2.00 bits per heavy atom. The highest BCUT2D eigenvalue weighted by Crippen LogP contribution is 2.59. The summed E-state index contributed by atoms with van der Waals surface area (Å²) in [6.45, 7) is 13.4. The number of ether oxygens (including phenoxy) is 2. The fraction of sp³-hybridized carbons (Fsp3) is 0.464. The Morgan fingerprint density at radius 1 is 0.683 bits per heavy atom. The molecule has 0 amide bonds. The van der Waals surface area contributed by atoms with E-state index in [9.17, 15) is 10.2 Å². The Kier molecular flexibility index (Phi) is 12.1. The van der Waals surface area contributed by atoms with Crippen molar-refractivity contribution >= 4 is 0 Å². The zero-order valence-corrected chi connectivity index (χ0v) is 38.3. The van der Waals surface area contributed by atoms with Gasteiger partial charge in [-0.1, -0.05) is 98.3 Å². The van der Waals surface area contributed by atoms with E-state index in [0.29, 0.717) is 11.5 Å². The van der Waals surface area contributed by atoms with Crippen LogP contribution in [0, 0.1) is 11.8 Å². The summed E-state index contributed by atoms with van der Waals surface area (Å²) in [5.41, 5.74) is 10.9. The maximum absolute atomic E-state index is 12.6. The molecular formula is C56H66N2O5. The van der Waals surface area contributed by atoms with Gasteiger partial charge < -0.3 is 24.2 Å². The van der Waals surface area contributed by atoms with Crippen LogP contribution in [0.15, 0.2) is 101 Å². The number of allylic oxidation sites excluding steroid dienone is 4. The van der Waals surface area contributed by atoms with Crippen molar-refractivity contribution in [3.63, 3.8) is 0 Å². The molecule has 330 valence electrons. The van der Waals surface area contributed by atoms with Crippen LogP contribution in [0.5, 0.6) is 23.0 Å². The Hall–Kier alpha value is -5.30. The highest BCUT2D eigenvalue weighted by Gasteiger charge is 2.50. The first-order valence-corrected chi connectivity index (χ1v) is 23.9. The molecule has 0 spiro atoms. The molecule has 4 aliphatic rings. The van der Waals surface area contributed by atoms with Crippen molar-refractivity contribution in [1.82, 2.24) is 10.1 Å². The highest BCUT2D eigenvalue weighted by molar-refractivity contribution is 5.80. The third kappa shape index (κ3) is 8.22. The van der Waals surface area contributed by atoms with E-state index < -0.39 is 5.60 Å². The van der Waals surface area contributed by atoms with Crippen LogP contribution in [0.1, 0.15) is 153 Å². The number of hydrogen-bond donors (Lipinski definition) is 2. The van der Waals surface area contributed by atoms with Crippen molar-refractivity contribution in [2.75, 3.05) is 0 Å². The molecule has 5 unspecified atom stereocenters. The minimum absolute atomic E-state index is 0.00662. The average molecular weight is 847 g/mol. The summed E-state index contributed by atoms with van der Waals surface area (Å²) < 4.78 is 19.9. The third-order valence-corrected chi connectivity index (χ3v) is 15.1. The number of aryl methyl sites for hydroxylation is 2. The molecule has 0 saturated carbocycles. The number of phenolic OH excluding ortho intramolecular Hbond substituents is 2. The fourth-order valence-corrected chi connectivity index (χ4v) is 11.7. The Balaban J connectivity index is 1.05. The lowest BCUT2D eigenvalue weighted by Gasteiger charge is -2.49. The number of phenols is 2. The molecule has 9 rings (SSSR count). The maximum atomic E-state index is 12.6. The molecule has 63 heavy (non-hydrogen) atoms. The van der Waals surface area contributed by atoms with Gasteiger partial charge in [0.05, 0.1) is 11.8 Å². The second-order valence-electron chi connectivity index (χ2n) is 19.8. The SMILES string of the molecule is CCCCCc1cc2c(c(O)c1-c1ccc(-c3cccnc3)cc1)C1C=C(C)CCC1C(C)(CCC1=CC3c4c(cc(CCCCC)c(-c5ccno5)c4O)OC(C)(C)C3CC1)O2. The van der Waals surface area contributed by atoms with Gasteiger partial charge in [-0.2, -0.15) is 0 Å². The summed E-state index contributed by atoms with van der Waals surface area (Å²) >= 11 is 0. The largest absolute Gasteiger partial charge is 0.507 e. The van der Waals surface area contributed by atoms with Gasteiger partial charge in [0.1, 0.15) is 34.2 Å². The molecule has 2 aromatic heterocycles. The molecule has 5 aromatic rings. The van der Waals surface area contributed by atoms with E-state index in [0.717, 1.165) is 151 Å². The highest BCUT2D eigenvalue weighted by atomic mass is 16.5. The van der Waals surface area contributed by atoms with Crippen molar-refractivity contribution in [3.8, 4) is 56.6 Å². The van der Waals surface area contributed by atoms with Crippen LogP contribution in [0.2, 0.25) is 0 Å². The van der Waals surface area contributed by atoms with Gasteiger partial charge in [0.25, 0.3) is 0 Å². The summed E-state index contributed by atoms with van der Waals surface area (Å²) in [5.74, 6) is 3.35. The number of unbranched alkanes of at least 4 members (excludes halogenated alkanes) is 4. The summed E-state index contributed by atoms with van der Waals surface area (Å²) in [5, 5.41) is 28.9. The number of fused-ring (bicyclic) bond motifs is 6. The first-order valence-electron chi connectivity index (χ1n) is 23.9. The Bertz CT molecular complexity index is 2480. The quantitative estimate of drug-likeness (QED) is 0.0848. The van der Waals surface area contributed by atoms with Crippen molar-refractivity contribution in [2.24, 2.45) is 11.8 Å². The predicted octanol–water partition coefficient (Wildman–Crippen LogP) is 14.6. The van der Waals surface area contributed by atoms with E-state index in [2.05, 4.69) is 106 Å². The number of nitrogens with zero attached hydrogens (tertiary/aromatic N) is 2. The molecule has 0 bridgehead atoms. The van der Waals surface area contributed by atoms with Gasteiger partial charge in [-0.05, 0) is 138 Å². The molecule has 7 nitrogen and oxygen atoms in total. The summed E-state index contributed by atoms with van der Waals surface area (Å²) in [7, 11) is 0. The van der Waals surface area contributed by atoms with Gasteiger partial charge in [-0.3, -0.25) is 4.98 Å². The van der Waals surface area contributed by atoms with E-state index in [1.807, 2.05) is 18.3 Å². The topological polar surface area (TPSA) is 97.8 Å². The molecule has 0 saturated heterocycles. The van der Waals surface area contributed by atoms with Gasteiger partial charge >= 0.3 is 0 Å². The molecule has 2 aliphatic carbocycles. The van der Waals surface area contributed by atoms with E-state index >= 15 is 0 Å². The Labute approximate surface area is 374 Å². The van der Waals surface area contributed by atoms with Crippen LogP contribution < -0.4 is 9.47 Å². The molecule has 2 N–H and O–H groups in total. The van der Waals surface area contributed by atoms with Gasteiger partial charge in [0.2, 0.25) is 0 Å². The zero-order chi connectivity index (χ0) is 43.9. The maximum Gasteiger partial charge on any atom is 0.170 e. The van der Waals surface area contributed by atoms with Crippen LogP contribution in [-0.4, -0.2) is 31.6 Å². The Morgan fingerprint density at radius 2 is 1.33 bits per heavy atom. The van der Waals surface area contributed by atoms with Crippen LogP contribution >= 0.6 is 0 Å². The van der Waals surface area contributed by atoms with E-state index in [1.54, 1.807) is 12.4 Å². The predicted molar refractivity (Wildman–Crippen MR) is 253 cm³/mol. The summed E-state index contributed by atoms with van der Waals surface area (Å²) in [4.78, 5) is 4.33. The van der Waals surface area contributed by atoms with Crippen molar-refractivity contribution < 1.29 is 24.2 Å². The minimum Gasteiger partial charge on any atom is -0.507 e. The molecule has 5 atom stereocenters. The van der Waals surface area contributed by atoms with Gasteiger partial charge in [0.15, 0.2) is 5.76 Å². The second-order valence-corrected chi connectivity index (χ2v) is 19.8. The smallest absolute Gasteiger partial charge is 0.170 e. The molecule has 4 heterocycles. The number of benzene rings is 3. The normalized spacial score (nSPS) is 23.3. The van der Waals surface area contributed by atoms with Gasteiger partial charge in [0, 0.05) is 58.8 Å². The number of pyridine rings is 1. The minimum atomic E-state index is -0.436. The number of aromatic hydroxyl groups is 2. The van der Waals surface area contributed by atoms with E-state index in [-0.39, 0.29) is 35.0 Å². The zero-order valence-electron chi connectivity index (χ0n) is 38.3. The van der Waals surface area contributed by atoms with Crippen molar-refractivity contribution in [2.45, 2.75) is 154 Å². The monoisotopic (exact) mass is 846 g/mol. The molecule has 0 fully saturated rings. The standard InChI is InChI=1S/C56H66N2O5/c1-7-9-11-14-39-32-48-51(53(59)49(39)38-21-19-37(20-22-38)41-16-13-28-57-34-41)42-30-35(3)17-23-45(42)56(6,62-48)27-25-36-18-24-44-43(31-36)52-47(61-55(44,4)5)33-40(15-12-10-8-2)50(54(52)60)46-26-29-58-63-46/h13,16,19-22,26,28-34,42-45,59-60H,7-12,14-15,17-18,23-25,27H2,1-6H3. The number of rotatable bonds is 14. The van der Waals surface area contributed by atoms with E-state index in [4.69, 9.17) is 14.0 Å². The first kappa shape index (κ1) is 43.0. The molecule has 2 aliphatic heterocycles. The number of aromatic nitrogens is 2. The van der Waals surface area contributed by atoms with Crippen molar-refractivity contribution in [1.29, 1.82) is 0 Å². The van der Waals surface area contributed by atoms with Gasteiger partial charge in [-0.15, -0.1) is 0 Å². The molecule has 3 aromatic carbocycles. The lowest BCUT2D eigenvalue weighted by Crippen LogP contribution is -2.48. The lowest BCUT2D eigenvalue weighted by atomic mass is 9.64. The molecule has 0 radical (unpaired) electrons. The van der Waals surface area contributed by atoms with Crippen molar-refractivity contribution in [3.05, 3.63) is 119 Å². The van der Waals surface area contributed by atoms with Crippen LogP contribution in [0.4, 0.5) is 0 Å². The fourth-order valence-electron chi connectivity index (χ4n) is 11.7. The van der Waals surface area contributed by atoms with Crippen LogP contribution in [0.25, 0.3) is 33.6 Å². The van der Waals surface area contributed by atoms with E-state index in [1.165, 1.54) is 11.1 Å². The third-order valence-electron chi connectivity index (χ3n) is 15.1. The average Bonchev–Trinajstić information content (AvgIpc) is 3.80. The molecular weight excluding hydrogens is 781 g/mol. The first-order chi connectivity index (χ1) is 30.5. The number of hydrogen-bond acceptors (Lipinski definition) is 7. The lowest BCUT2D eigenvalue weighted by molar-refractivity contribution is -0.0138. The second kappa shape index (κ2) is 17.7. The molecule has 7 heteroatoms.